The maximum Gasteiger partial charge on any atom is 0.227 e. The molecular weight excluding hydrogens is 350 g/mol. The summed E-state index contributed by atoms with van der Waals surface area (Å²) >= 11 is 0. The van der Waals surface area contributed by atoms with Gasteiger partial charge < -0.3 is 11.1 Å². The molecule has 0 spiro atoms. The second-order valence-electron chi connectivity index (χ2n) is 7.20. The van der Waals surface area contributed by atoms with Gasteiger partial charge in [0.25, 0.3) is 0 Å². The normalized spacial score (nSPS) is 15.2. The average Bonchev–Trinajstić information content (AvgIpc) is 3.39. The summed E-state index contributed by atoms with van der Waals surface area (Å²) in [5.74, 6) is 1.03. The van der Waals surface area contributed by atoms with Gasteiger partial charge in [-0.05, 0) is 43.0 Å². The molecule has 28 heavy (non-hydrogen) atoms. The van der Waals surface area contributed by atoms with Crippen molar-refractivity contribution >= 4 is 17.3 Å². The number of nitrogen functional groups attached to an aromatic ring is 1. The lowest BCUT2D eigenvalue weighted by Crippen LogP contribution is -2.17. The largest absolute Gasteiger partial charge is 0.399 e. The lowest BCUT2D eigenvalue weighted by atomic mass is 9.96. The summed E-state index contributed by atoms with van der Waals surface area (Å²) in [6.07, 6.45) is 10.8. The van der Waals surface area contributed by atoms with Crippen LogP contribution in [-0.2, 0) is 0 Å². The number of rotatable bonds is 6. The first-order chi connectivity index (χ1) is 13.7. The summed E-state index contributed by atoms with van der Waals surface area (Å²) in [5.41, 5.74) is 9.04. The second-order valence-corrected chi connectivity index (χ2v) is 7.20. The van der Waals surface area contributed by atoms with Gasteiger partial charge in [0.05, 0.1) is 30.4 Å². The van der Waals surface area contributed by atoms with Crippen LogP contribution in [0.4, 0.5) is 17.3 Å². The topological polar surface area (TPSA) is 105 Å². The highest BCUT2D eigenvalue weighted by atomic mass is 15.3. The summed E-state index contributed by atoms with van der Waals surface area (Å²) in [6, 6.07) is 11.8. The van der Waals surface area contributed by atoms with E-state index in [2.05, 4.69) is 26.5 Å². The Morgan fingerprint density at radius 3 is 2.93 bits per heavy atom. The van der Waals surface area contributed by atoms with E-state index in [1.165, 1.54) is 25.7 Å². The predicted molar refractivity (Wildman–Crippen MR) is 109 cm³/mol. The van der Waals surface area contributed by atoms with Crippen LogP contribution >= 0.6 is 0 Å². The number of nitrogens with two attached hydrogens (primary N) is 1. The van der Waals surface area contributed by atoms with Crippen molar-refractivity contribution in [2.45, 2.75) is 38.1 Å². The highest BCUT2D eigenvalue weighted by Gasteiger charge is 2.27. The van der Waals surface area contributed by atoms with Gasteiger partial charge >= 0.3 is 0 Å². The van der Waals surface area contributed by atoms with Crippen LogP contribution < -0.4 is 11.1 Å². The number of nitrogens with zero attached hydrogens (tertiary/aromatic N) is 5. The Bertz CT molecular complexity index is 982. The minimum Gasteiger partial charge on any atom is -0.399 e. The molecule has 7 nitrogen and oxygen atoms in total. The standard InChI is InChI=1S/C21H23N7/c22-10-8-20(15-4-1-2-5-15)28-14-16(13-25-28)19-9-11-24-21(27-19)26-18-7-3-6-17(23)12-18/h3,6-7,9,11-15,20H,1-2,4-5,8,23H2,(H,24,26,27). The number of anilines is 3. The van der Waals surface area contributed by atoms with Gasteiger partial charge in [-0.3, -0.25) is 4.68 Å². The first-order valence-electron chi connectivity index (χ1n) is 9.60. The van der Waals surface area contributed by atoms with E-state index in [0.29, 0.717) is 24.0 Å². The van der Waals surface area contributed by atoms with Crippen LogP contribution in [0, 0.1) is 17.2 Å². The molecule has 1 fully saturated rings. The molecule has 1 unspecified atom stereocenters. The van der Waals surface area contributed by atoms with Crippen LogP contribution in [0.2, 0.25) is 0 Å². The molecule has 0 bridgehead atoms. The number of benzene rings is 1. The lowest BCUT2D eigenvalue weighted by molar-refractivity contribution is 0.315. The third-order valence-electron chi connectivity index (χ3n) is 5.28. The first-order valence-corrected chi connectivity index (χ1v) is 9.60. The zero-order valence-corrected chi connectivity index (χ0v) is 15.6. The summed E-state index contributed by atoms with van der Waals surface area (Å²) in [5, 5.41) is 17.0. The molecule has 0 amide bonds. The Labute approximate surface area is 164 Å². The molecule has 3 N–H and O–H groups in total. The van der Waals surface area contributed by atoms with E-state index in [1.807, 2.05) is 47.4 Å². The summed E-state index contributed by atoms with van der Waals surface area (Å²) in [6.45, 7) is 0. The molecule has 1 saturated carbocycles. The highest BCUT2D eigenvalue weighted by Crippen LogP contribution is 2.36. The van der Waals surface area contributed by atoms with Gasteiger partial charge in [0, 0.05) is 29.3 Å². The Kier molecular flexibility index (Phi) is 5.20. The van der Waals surface area contributed by atoms with Gasteiger partial charge in [-0.15, -0.1) is 0 Å². The fourth-order valence-corrected chi connectivity index (χ4v) is 3.89. The van der Waals surface area contributed by atoms with E-state index in [-0.39, 0.29) is 6.04 Å². The number of nitriles is 1. The van der Waals surface area contributed by atoms with Gasteiger partial charge in [-0.2, -0.15) is 10.4 Å². The van der Waals surface area contributed by atoms with Crippen LogP contribution in [0.25, 0.3) is 11.3 Å². The van der Waals surface area contributed by atoms with Crippen molar-refractivity contribution < 1.29 is 0 Å². The molecule has 0 saturated heterocycles. The van der Waals surface area contributed by atoms with Gasteiger partial charge in [0.1, 0.15) is 0 Å². The van der Waals surface area contributed by atoms with Gasteiger partial charge in [0.15, 0.2) is 0 Å². The van der Waals surface area contributed by atoms with Crippen LogP contribution in [0.1, 0.15) is 38.1 Å². The highest BCUT2D eigenvalue weighted by molar-refractivity contribution is 5.62. The molecule has 1 aliphatic rings. The number of nitrogens with one attached hydrogen (secondary N) is 1. The SMILES string of the molecule is N#CCC(C1CCCC1)n1cc(-c2ccnc(Nc3cccc(N)c3)n2)cn1. The summed E-state index contributed by atoms with van der Waals surface area (Å²) < 4.78 is 1.95. The molecule has 0 radical (unpaired) electrons. The van der Waals surface area contributed by atoms with Gasteiger partial charge in [-0.25, -0.2) is 9.97 Å². The molecule has 142 valence electrons. The smallest absolute Gasteiger partial charge is 0.227 e. The number of aromatic nitrogens is 4. The van der Waals surface area contributed by atoms with Crippen LogP contribution in [0.5, 0.6) is 0 Å². The fourth-order valence-electron chi connectivity index (χ4n) is 3.89. The maximum absolute atomic E-state index is 9.25. The Morgan fingerprint density at radius 1 is 1.29 bits per heavy atom. The number of hydrogen-bond donors (Lipinski definition) is 2. The molecule has 1 atom stereocenters. The third kappa shape index (κ3) is 3.96. The summed E-state index contributed by atoms with van der Waals surface area (Å²) in [7, 11) is 0. The second kappa shape index (κ2) is 8.09. The lowest BCUT2D eigenvalue weighted by Gasteiger charge is -2.21. The molecule has 0 aliphatic heterocycles. The van der Waals surface area contributed by atoms with Crippen molar-refractivity contribution in [2.75, 3.05) is 11.1 Å². The van der Waals surface area contributed by atoms with Gasteiger partial charge in [0.2, 0.25) is 5.95 Å². The molecule has 4 rings (SSSR count). The number of hydrogen-bond acceptors (Lipinski definition) is 6. The molecule has 2 heterocycles. The third-order valence-corrected chi connectivity index (χ3v) is 5.28. The molecule has 2 aromatic heterocycles. The van der Waals surface area contributed by atoms with Crippen molar-refractivity contribution in [3.8, 4) is 17.3 Å². The van der Waals surface area contributed by atoms with Crippen molar-refractivity contribution in [3.05, 3.63) is 48.9 Å². The first kappa shape index (κ1) is 18.0. The molecule has 3 aromatic rings. The van der Waals surface area contributed by atoms with E-state index in [0.717, 1.165) is 16.9 Å². The van der Waals surface area contributed by atoms with E-state index in [4.69, 9.17) is 5.73 Å². The average molecular weight is 373 g/mol. The summed E-state index contributed by atoms with van der Waals surface area (Å²) in [4.78, 5) is 8.89. The molecule has 7 heteroatoms. The zero-order chi connectivity index (χ0) is 19.3. The van der Waals surface area contributed by atoms with Crippen molar-refractivity contribution in [1.29, 1.82) is 5.26 Å². The van der Waals surface area contributed by atoms with Crippen molar-refractivity contribution in [1.82, 2.24) is 19.7 Å². The van der Waals surface area contributed by atoms with Gasteiger partial charge in [-0.1, -0.05) is 18.9 Å². The maximum atomic E-state index is 9.25. The van der Waals surface area contributed by atoms with E-state index >= 15 is 0 Å². The molecular formula is C21H23N7. The molecule has 1 aromatic carbocycles. The quantitative estimate of drug-likeness (QED) is 0.624. The Morgan fingerprint density at radius 2 is 2.14 bits per heavy atom. The van der Waals surface area contributed by atoms with Crippen LogP contribution in [0.3, 0.4) is 0 Å². The van der Waals surface area contributed by atoms with E-state index < -0.39 is 0 Å². The van der Waals surface area contributed by atoms with Crippen molar-refractivity contribution in [2.24, 2.45) is 5.92 Å². The zero-order valence-electron chi connectivity index (χ0n) is 15.6. The van der Waals surface area contributed by atoms with Crippen LogP contribution in [-0.4, -0.2) is 19.7 Å². The Balaban J connectivity index is 1.55. The molecule has 1 aliphatic carbocycles. The van der Waals surface area contributed by atoms with E-state index in [1.54, 1.807) is 6.20 Å². The predicted octanol–water partition coefficient (Wildman–Crippen LogP) is 4.31. The Hall–Kier alpha value is -3.40. The van der Waals surface area contributed by atoms with E-state index in [9.17, 15) is 5.26 Å². The fraction of sp³-hybridized carbons (Fsp3) is 0.333. The monoisotopic (exact) mass is 373 g/mol. The van der Waals surface area contributed by atoms with Crippen molar-refractivity contribution in [3.63, 3.8) is 0 Å². The minimum absolute atomic E-state index is 0.132. The minimum atomic E-state index is 0.132. The van der Waals surface area contributed by atoms with Crippen LogP contribution in [0.15, 0.2) is 48.9 Å².